The zero-order valence-electron chi connectivity index (χ0n) is 10.0. The predicted molar refractivity (Wildman–Crippen MR) is 65.8 cm³/mol. The van der Waals surface area contributed by atoms with Crippen molar-refractivity contribution in [2.75, 3.05) is 26.4 Å². The summed E-state index contributed by atoms with van der Waals surface area (Å²) in [6.45, 7) is 2.62. The largest absolute Gasteiger partial charge is 0.396 e. The molecule has 94 valence electrons. The Morgan fingerprint density at radius 2 is 2.06 bits per heavy atom. The monoisotopic (exact) mass is 236 g/mol. The minimum absolute atomic E-state index is 0.101. The van der Waals surface area contributed by atoms with Gasteiger partial charge in [0.2, 0.25) is 0 Å². The van der Waals surface area contributed by atoms with Crippen LogP contribution in [0, 0.1) is 5.92 Å². The minimum Gasteiger partial charge on any atom is -0.396 e. The van der Waals surface area contributed by atoms with Crippen molar-refractivity contribution in [1.82, 2.24) is 0 Å². The molecular formula is C14H20O3. The van der Waals surface area contributed by atoms with Crippen LogP contribution in [0.4, 0.5) is 0 Å². The smallest absolute Gasteiger partial charge is 0.0825 e. The summed E-state index contributed by atoms with van der Waals surface area (Å²) < 4.78 is 11.1. The maximum Gasteiger partial charge on any atom is 0.0825 e. The van der Waals surface area contributed by atoms with E-state index in [1.807, 2.05) is 18.2 Å². The molecule has 17 heavy (non-hydrogen) atoms. The lowest BCUT2D eigenvalue weighted by atomic mass is 10.0. The van der Waals surface area contributed by atoms with Gasteiger partial charge in [-0.2, -0.15) is 0 Å². The number of benzene rings is 1. The SMILES string of the molecule is OCCCC(OCC1COC1)c1ccccc1. The molecule has 0 amide bonds. The molecule has 0 aliphatic carbocycles. The van der Waals surface area contributed by atoms with E-state index in [0.717, 1.165) is 32.7 Å². The van der Waals surface area contributed by atoms with Crippen molar-refractivity contribution in [3.05, 3.63) is 35.9 Å². The molecule has 1 unspecified atom stereocenters. The van der Waals surface area contributed by atoms with E-state index in [4.69, 9.17) is 14.6 Å². The Labute approximate surface area is 102 Å². The summed E-state index contributed by atoms with van der Waals surface area (Å²) >= 11 is 0. The first-order valence-corrected chi connectivity index (χ1v) is 6.25. The van der Waals surface area contributed by atoms with Crippen LogP contribution in [0.1, 0.15) is 24.5 Å². The van der Waals surface area contributed by atoms with Crippen molar-refractivity contribution in [2.24, 2.45) is 5.92 Å². The lowest BCUT2D eigenvalue weighted by Gasteiger charge is -2.28. The van der Waals surface area contributed by atoms with Crippen LogP contribution in [0.2, 0.25) is 0 Å². The Morgan fingerprint density at radius 1 is 1.29 bits per heavy atom. The second kappa shape index (κ2) is 6.74. The van der Waals surface area contributed by atoms with Gasteiger partial charge in [0.25, 0.3) is 0 Å². The van der Waals surface area contributed by atoms with E-state index >= 15 is 0 Å². The fraction of sp³-hybridized carbons (Fsp3) is 0.571. The third-order valence-electron chi connectivity index (χ3n) is 3.04. The maximum atomic E-state index is 8.92. The van der Waals surface area contributed by atoms with Gasteiger partial charge in [-0.25, -0.2) is 0 Å². The maximum absolute atomic E-state index is 8.92. The molecule has 1 aromatic carbocycles. The fourth-order valence-corrected chi connectivity index (χ4v) is 1.92. The topological polar surface area (TPSA) is 38.7 Å². The molecule has 2 rings (SSSR count). The number of hydrogen-bond donors (Lipinski definition) is 1. The zero-order valence-corrected chi connectivity index (χ0v) is 10.0. The quantitative estimate of drug-likeness (QED) is 0.788. The Kier molecular flexibility index (Phi) is 4.98. The van der Waals surface area contributed by atoms with E-state index in [0.29, 0.717) is 5.92 Å². The summed E-state index contributed by atoms with van der Waals surface area (Å²) in [5, 5.41) is 8.92. The molecule has 0 aromatic heterocycles. The molecule has 1 heterocycles. The number of hydrogen-bond acceptors (Lipinski definition) is 3. The number of aliphatic hydroxyl groups is 1. The Hall–Kier alpha value is -0.900. The third-order valence-corrected chi connectivity index (χ3v) is 3.04. The highest BCUT2D eigenvalue weighted by Crippen LogP contribution is 2.24. The van der Waals surface area contributed by atoms with Gasteiger partial charge in [0.15, 0.2) is 0 Å². The Bertz CT molecular complexity index is 309. The van der Waals surface area contributed by atoms with Crippen molar-refractivity contribution in [3.8, 4) is 0 Å². The van der Waals surface area contributed by atoms with Crippen LogP contribution in [0.15, 0.2) is 30.3 Å². The second-order valence-electron chi connectivity index (χ2n) is 4.50. The summed E-state index contributed by atoms with van der Waals surface area (Å²) in [6, 6.07) is 10.2. The van der Waals surface area contributed by atoms with Gasteiger partial charge in [0, 0.05) is 12.5 Å². The van der Waals surface area contributed by atoms with Crippen molar-refractivity contribution in [2.45, 2.75) is 18.9 Å². The predicted octanol–water partition coefficient (Wildman–Crippen LogP) is 2.16. The van der Waals surface area contributed by atoms with E-state index in [-0.39, 0.29) is 12.7 Å². The van der Waals surface area contributed by atoms with Crippen molar-refractivity contribution in [3.63, 3.8) is 0 Å². The molecule has 1 aromatic rings. The molecule has 0 saturated carbocycles. The van der Waals surface area contributed by atoms with Gasteiger partial charge in [-0.05, 0) is 18.4 Å². The normalized spacial score (nSPS) is 17.7. The van der Waals surface area contributed by atoms with E-state index in [2.05, 4.69) is 12.1 Å². The highest BCUT2D eigenvalue weighted by Gasteiger charge is 2.21. The van der Waals surface area contributed by atoms with Crippen LogP contribution < -0.4 is 0 Å². The minimum atomic E-state index is 0.101. The van der Waals surface area contributed by atoms with Gasteiger partial charge < -0.3 is 14.6 Å². The standard InChI is InChI=1S/C14H20O3/c15-8-4-7-14(13-5-2-1-3-6-13)17-11-12-9-16-10-12/h1-3,5-6,12,14-15H,4,7-11H2. The Balaban J connectivity index is 1.87. The number of rotatable bonds is 7. The zero-order chi connectivity index (χ0) is 11.9. The Morgan fingerprint density at radius 3 is 2.65 bits per heavy atom. The molecule has 1 aliphatic rings. The first kappa shape index (κ1) is 12.6. The van der Waals surface area contributed by atoms with E-state index < -0.39 is 0 Å². The molecule has 1 atom stereocenters. The van der Waals surface area contributed by atoms with Gasteiger partial charge in [-0.3, -0.25) is 0 Å². The van der Waals surface area contributed by atoms with E-state index in [9.17, 15) is 0 Å². The van der Waals surface area contributed by atoms with Gasteiger partial charge in [0.1, 0.15) is 0 Å². The van der Waals surface area contributed by atoms with Crippen LogP contribution >= 0.6 is 0 Å². The summed E-state index contributed by atoms with van der Waals surface area (Å²) in [6.07, 6.45) is 1.75. The van der Waals surface area contributed by atoms with Gasteiger partial charge >= 0.3 is 0 Å². The van der Waals surface area contributed by atoms with E-state index in [1.165, 1.54) is 5.56 Å². The molecule has 3 nitrogen and oxygen atoms in total. The molecule has 3 heteroatoms. The van der Waals surface area contributed by atoms with E-state index in [1.54, 1.807) is 0 Å². The van der Waals surface area contributed by atoms with Crippen LogP contribution in [0.25, 0.3) is 0 Å². The molecule has 1 aliphatic heterocycles. The van der Waals surface area contributed by atoms with Crippen molar-refractivity contribution < 1.29 is 14.6 Å². The highest BCUT2D eigenvalue weighted by atomic mass is 16.5. The molecule has 1 saturated heterocycles. The summed E-state index contributed by atoms with van der Waals surface area (Å²) in [7, 11) is 0. The second-order valence-corrected chi connectivity index (χ2v) is 4.50. The first-order chi connectivity index (χ1) is 8.40. The molecule has 0 bridgehead atoms. The summed E-state index contributed by atoms with van der Waals surface area (Å²) in [4.78, 5) is 0. The lowest BCUT2D eigenvalue weighted by Crippen LogP contribution is -2.32. The molecule has 1 N–H and O–H groups in total. The van der Waals surface area contributed by atoms with Crippen molar-refractivity contribution in [1.29, 1.82) is 0 Å². The van der Waals surface area contributed by atoms with Crippen molar-refractivity contribution >= 4 is 0 Å². The molecule has 1 fully saturated rings. The summed E-state index contributed by atoms with van der Waals surface area (Å²) in [5.41, 5.74) is 1.20. The third kappa shape index (κ3) is 3.80. The lowest BCUT2D eigenvalue weighted by molar-refractivity contribution is -0.0897. The number of ether oxygens (including phenoxy) is 2. The molecule has 0 radical (unpaired) electrons. The van der Waals surface area contributed by atoms with Gasteiger partial charge in [0.05, 0.1) is 25.9 Å². The first-order valence-electron chi connectivity index (χ1n) is 6.25. The van der Waals surface area contributed by atoms with Gasteiger partial charge in [-0.1, -0.05) is 30.3 Å². The van der Waals surface area contributed by atoms with Gasteiger partial charge in [-0.15, -0.1) is 0 Å². The van der Waals surface area contributed by atoms with Crippen LogP contribution in [0.3, 0.4) is 0 Å². The van der Waals surface area contributed by atoms with Crippen LogP contribution in [0.5, 0.6) is 0 Å². The highest BCUT2D eigenvalue weighted by molar-refractivity contribution is 5.17. The average Bonchev–Trinajstić information content (AvgIpc) is 2.32. The van der Waals surface area contributed by atoms with Crippen LogP contribution in [-0.2, 0) is 9.47 Å². The number of aliphatic hydroxyl groups excluding tert-OH is 1. The fourth-order valence-electron chi connectivity index (χ4n) is 1.92. The molecular weight excluding hydrogens is 216 g/mol. The molecule has 0 spiro atoms. The van der Waals surface area contributed by atoms with Crippen LogP contribution in [-0.4, -0.2) is 31.5 Å². The average molecular weight is 236 g/mol. The summed E-state index contributed by atoms with van der Waals surface area (Å²) in [5.74, 6) is 0.551.